The van der Waals surface area contributed by atoms with Crippen molar-refractivity contribution in [1.29, 1.82) is 0 Å². The number of carbonyl (C=O) groups excluding carboxylic acids is 2. The maximum absolute atomic E-state index is 12.9. The van der Waals surface area contributed by atoms with Crippen LogP contribution in [0.4, 0.5) is 10.5 Å². The van der Waals surface area contributed by atoms with E-state index in [2.05, 4.69) is 0 Å². The first-order valence-electron chi connectivity index (χ1n) is 12.9. The molecule has 9 nitrogen and oxygen atoms in total. The van der Waals surface area contributed by atoms with Crippen LogP contribution in [0.1, 0.15) is 30.5 Å². The van der Waals surface area contributed by atoms with E-state index in [-0.39, 0.29) is 25.0 Å². The van der Waals surface area contributed by atoms with Crippen LogP contribution in [0.15, 0.2) is 72.8 Å². The van der Waals surface area contributed by atoms with Crippen LogP contribution in [0, 0.1) is 0 Å². The van der Waals surface area contributed by atoms with Crippen molar-refractivity contribution in [1.82, 2.24) is 4.90 Å². The minimum Gasteiger partial charge on any atom is -0.466 e. The van der Waals surface area contributed by atoms with Crippen molar-refractivity contribution in [3.8, 4) is 11.5 Å². The molecule has 0 bridgehead atoms. The molecule has 0 saturated carbocycles. The minimum atomic E-state index is -3.53. The van der Waals surface area contributed by atoms with E-state index in [0.29, 0.717) is 35.8 Å². The predicted molar refractivity (Wildman–Crippen MR) is 154 cm³/mol. The Labute approximate surface area is 236 Å². The Hall–Kier alpha value is -4.05. The molecule has 214 valence electrons. The average molecular weight is 569 g/mol. The molecule has 0 aliphatic carbocycles. The first-order chi connectivity index (χ1) is 19.0. The number of amides is 1. The highest BCUT2D eigenvalue weighted by Crippen LogP contribution is 2.32. The van der Waals surface area contributed by atoms with Gasteiger partial charge in [-0.1, -0.05) is 42.5 Å². The monoisotopic (exact) mass is 568 g/mol. The topological polar surface area (TPSA) is 102 Å². The number of nitrogens with zero attached hydrogens (tertiary/aromatic N) is 2. The zero-order valence-corrected chi connectivity index (χ0v) is 24.3. The summed E-state index contributed by atoms with van der Waals surface area (Å²) in [6.07, 6.45) is 1.29. The zero-order valence-electron chi connectivity index (χ0n) is 23.5. The predicted octanol–water partition coefficient (Wildman–Crippen LogP) is 5.18. The van der Waals surface area contributed by atoms with Crippen molar-refractivity contribution >= 4 is 27.8 Å². The molecule has 10 heteroatoms. The molecule has 0 aliphatic rings. The number of hydrogen-bond donors (Lipinski definition) is 0. The summed E-state index contributed by atoms with van der Waals surface area (Å²) in [4.78, 5) is 26.4. The van der Waals surface area contributed by atoms with Crippen molar-refractivity contribution in [2.24, 2.45) is 0 Å². The second kappa shape index (κ2) is 13.8. The summed E-state index contributed by atoms with van der Waals surface area (Å²) in [6, 6.07) is 21.6. The lowest BCUT2D eigenvalue weighted by molar-refractivity contribution is -0.142. The van der Waals surface area contributed by atoms with E-state index in [1.165, 1.54) is 14.2 Å². The summed E-state index contributed by atoms with van der Waals surface area (Å²) in [6.45, 7) is 4.08. The van der Waals surface area contributed by atoms with E-state index in [9.17, 15) is 18.0 Å². The smallest absolute Gasteiger partial charge is 0.410 e. The van der Waals surface area contributed by atoms with Crippen LogP contribution in [0.5, 0.6) is 11.5 Å². The number of anilines is 1. The van der Waals surface area contributed by atoms with Gasteiger partial charge >= 0.3 is 12.1 Å². The van der Waals surface area contributed by atoms with Gasteiger partial charge in [-0.2, -0.15) is 0 Å². The Bertz CT molecular complexity index is 1410. The third-order valence-electron chi connectivity index (χ3n) is 6.34. The van der Waals surface area contributed by atoms with Crippen LogP contribution in [-0.4, -0.2) is 58.4 Å². The summed E-state index contributed by atoms with van der Waals surface area (Å²) >= 11 is 0. The number of rotatable bonds is 12. The fraction of sp³-hybridized carbons (Fsp3) is 0.333. The zero-order chi connectivity index (χ0) is 29.3. The molecule has 40 heavy (non-hydrogen) atoms. The van der Waals surface area contributed by atoms with E-state index in [1.54, 1.807) is 54.3 Å². The molecule has 0 heterocycles. The van der Waals surface area contributed by atoms with Crippen molar-refractivity contribution in [3.63, 3.8) is 0 Å². The Balaban J connectivity index is 1.98. The molecule has 1 amide bonds. The SMILES string of the molecule is CCOC(=O)Cc1cccc(Oc2ccc(N(C)S(C)(=O)=O)cc2CN(C(=O)OC)C(C)Cc2ccccc2)c1. The first kappa shape index (κ1) is 30.5. The number of esters is 1. The molecule has 3 rings (SSSR count). The normalized spacial score (nSPS) is 11.8. The number of hydrogen-bond acceptors (Lipinski definition) is 7. The van der Waals surface area contributed by atoms with Gasteiger partial charge in [0.05, 0.1) is 38.6 Å². The van der Waals surface area contributed by atoms with Crippen molar-refractivity contribution in [2.75, 3.05) is 31.3 Å². The van der Waals surface area contributed by atoms with Gasteiger partial charge in [0.1, 0.15) is 11.5 Å². The van der Waals surface area contributed by atoms with Crippen molar-refractivity contribution in [2.45, 2.75) is 39.3 Å². The van der Waals surface area contributed by atoms with Crippen LogP contribution in [-0.2, 0) is 43.7 Å². The van der Waals surface area contributed by atoms with Crippen molar-refractivity contribution in [3.05, 3.63) is 89.5 Å². The standard InChI is InChI=1S/C30H36N2O7S/c1-6-38-29(33)19-24-13-10-14-27(18-24)39-28-16-15-26(31(3)40(5,35)36)20-25(28)21-32(30(34)37-4)22(2)17-23-11-8-7-9-12-23/h7-16,18,20,22H,6,17,19,21H2,1-5H3. The molecule has 0 fully saturated rings. The largest absolute Gasteiger partial charge is 0.466 e. The molecule has 0 N–H and O–H groups in total. The number of carbonyl (C=O) groups is 2. The molecule has 0 radical (unpaired) electrons. The van der Waals surface area contributed by atoms with Gasteiger partial charge in [-0.25, -0.2) is 13.2 Å². The molecule has 3 aromatic carbocycles. The number of benzene rings is 3. The highest BCUT2D eigenvalue weighted by atomic mass is 32.2. The third kappa shape index (κ3) is 8.47. The molecule has 3 aromatic rings. The molecule has 0 aliphatic heterocycles. The van der Waals surface area contributed by atoms with Gasteiger partial charge in [0, 0.05) is 18.7 Å². The highest BCUT2D eigenvalue weighted by Gasteiger charge is 2.24. The van der Waals surface area contributed by atoms with Crippen molar-refractivity contribution < 1.29 is 32.2 Å². The van der Waals surface area contributed by atoms with Gasteiger partial charge in [0.15, 0.2) is 0 Å². The van der Waals surface area contributed by atoms with E-state index in [4.69, 9.17) is 14.2 Å². The van der Waals surface area contributed by atoms with Crippen LogP contribution >= 0.6 is 0 Å². The van der Waals surface area contributed by atoms with E-state index in [0.717, 1.165) is 21.7 Å². The Morgan fingerprint density at radius 2 is 1.65 bits per heavy atom. The maximum atomic E-state index is 12.9. The van der Waals surface area contributed by atoms with Crippen LogP contribution in [0.3, 0.4) is 0 Å². The molecule has 1 atom stereocenters. The maximum Gasteiger partial charge on any atom is 0.410 e. The van der Waals surface area contributed by atoms with Gasteiger partial charge in [0.25, 0.3) is 0 Å². The lowest BCUT2D eigenvalue weighted by Gasteiger charge is -2.29. The quantitative estimate of drug-likeness (QED) is 0.278. The van der Waals surface area contributed by atoms with Crippen LogP contribution < -0.4 is 9.04 Å². The minimum absolute atomic E-state index is 0.100. The Kier molecular flexibility index (Phi) is 10.6. The second-order valence-electron chi connectivity index (χ2n) is 9.39. The molecule has 1 unspecified atom stereocenters. The summed E-state index contributed by atoms with van der Waals surface area (Å²) in [5.41, 5.74) is 2.78. The van der Waals surface area contributed by atoms with Gasteiger partial charge in [0.2, 0.25) is 10.0 Å². The third-order valence-corrected chi connectivity index (χ3v) is 7.55. The summed E-state index contributed by atoms with van der Waals surface area (Å²) in [5.74, 6) is 0.573. The molecule has 0 spiro atoms. The lowest BCUT2D eigenvalue weighted by Crippen LogP contribution is -2.39. The fourth-order valence-electron chi connectivity index (χ4n) is 4.17. The Morgan fingerprint density at radius 1 is 0.950 bits per heavy atom. The number of methoxy groups -OCH3 is 1. The lowest BCUT2D eigenvalue weighted by atomic mass is 10.0. The molecule has 0 aromatic heterocycles. The summed E-state index contributed by atoms with van der Waals surface area (Å²) < 4.78 is 42.0. The summed E-state index contributed by atoms with van der Waals surface area (Å²) in [7, 11) is -0.743. The van der Waals surface area contributed by atoms with Crippen LogP contribution in [0.2, 0.25) is 0 Å². The molecular formula is C30H36N2O7S. The van der Waals surface area contributed by atoms with Gasteiger partial charge in [-0.05, 0) is 61.7 Å². The van der Waals surface area contributed by atoms with Gasteiger partial charge in [-0.3, -0.25) is 9.10 Å². The van der Waals surface area contributed by atoms with E-state index >= 15 is 0 Å². The first-order valence-corrected chi connectivity index (χ1v) is 14.7. The average Bonchev–Trinajstić information content (AvgIpc) is 2.92. The second-order valence-corrected chi connectivity index (χ2v) is 11.4. The number of sulfonamides is 1. The van der Waals surface area contributed by atoms with Crippen LogP contribution in [0.25, 0.3) is 0 Å². The molecular weight excluding hydrogens is 532 g/mol. The fourth-order valence-corrected chi connectivity index (χ4v) is 4.66. The highest BCUT2D eigenvalue weighted by molar-refractivity contribution is 7.92. The number of ether oxygens (including phenoxy) is 3. The molecule has 0 saturated heterocycles. The summed E-state index contributed by atoms with van der Waals surface area (Å²) in [5, 5.41) is 0. The van der Waals surface area contributed by atoms with Gasteiger partial charge in [-0.15, -0.1) is 0 Å². The Morgan fingerprint density at radius 3 is 2.30 bits per heavy atom. The van der Waals surface area contributed by atoms with Gasteiger partial charge < -0.3 is 19.1 Å². The van der Waals surface area contributed by atoms with E-state index < -0.39 is 16.1 Å². The van der Waals surface area contributed by atoms with E-state index in [1.807, 2.05) is 37.3 Å².